The molecule has 1 aliphatic heterocycles. The Bertz CT molecular complexity index is 800. The largest absolute Gasteiger partial charge is 0.475 e. The van der Waals surface area contributed by atoms with Crippen LogP contribution in [0.25, 0.3) is 0 Å². The Morgan fingerprint density at radius 2 is 2.04 bits per heavy atom. The number of aromatic carboxylic acids is 1. The third-order valence-electron chi connectivity index (χ3n) is 3.73. The zero-order chi connectivity index (χ0) is 19.5. The van der Waals surface area contributed by atoms with E-state index in [2.05, 4.69) is 10.6 Å². The minimum Gasteiger partial charge on any atom is -0.475 e. The highest BCUT2D eigenvalue weighted by Crippen LogP contribution is 2.27. The van der Waals surface area contributed by atoms with Crippen LogP contribution in [0.3, 0.4) is 0 Å². The number of sulfonamides is 1. The predicted octanol–water partition coefficient (Wildman–Crippen LogP) is -0.228. The Morgan fingerprint density at radius 1 is 1.35 bits per heavy atom. The lowest BCUT2D eigenvalue weighted by Gasteiger charge is -2.22. The molecule has 2 amide bonds. The highest BCUT2D eigenvalue weighted by molar-refractivity contribution is 7.89. The summed E-state index contributed by atoms with van der Waals surface area (Å²) in [6, 6.07) is 1.02. The van der Waals surface area contributed by atoms with Crippen LogP contribution in [0.1, 0.15) is 37.2 Å². The number of amides is 2. The molecule has 1 fully saturated rings. The van der Waals surface area contributed by atoms with Crippen LogP contribution < -0.4 is 10.6 Å². The number of carboxylic acids is 1. The molecule has 0 saturated carbocycles. The van der Waals surface area contributed by atoms with Crippen molar-refractivity contribution in [1.82, 2.24) is 14.9 Å². The smallest absolute Gasteiger partial charge is 0.371 e. The summed E-state index contributed by atoms with van der Waals surface area (Å²) in [6.45, 7) is 3.40. The van der Waals surface area contributed by atoms with Gasteiger partial charge in [-0.15, -0.1) is 0 Å². The third-order valence-corrected chi connectivity index (χ3v) is 5.52. The van der Waals surface area contributed by atoms with E-state index in [1.54, 1.807) is 13.8 Å². The fourth-order valence-corrected chi connectivity index (χ4v) is 4.21. The summed E-state index contributed by atoms with van der Waals surface area (Å²) in [5.41, 5.74) is 0. The van der Waals surface area contributed by atoms with Crippen molar-refractivity contribution in [1.29, 1.82) is 0 Å². The van der Waals surface area contributed by atoms with E-state index in [1.165, 1.54) is 0 Å². The SMILES string of the molecule is CC(C)NC(=O)CNC(=O)C1CCCN1S(=O)(=O)c1ccc(C(=O)O)o1. The Hall–Kier alpha value is -2.40. The summed E-state index contributed by atoms with van der Waals surface area (Å²) in [7, 11) is -4.16. The monoisotopic (exact) mass is 387 g/mol. The van der Waals surface area contributed by atoms with Crippen LogP contribution in [-0.4, -0.2) is 60.8 Å². The molecule has 0 aromatic carbocycles. The van der Waals surface area contributed by atoms with E-state index in [-0.39, 0.29) is 25.0 Å². The maximum Gasteiger partial charge on any atom is 0.371 e. The molecule has 2 heterocycles. The van der Waals surface area contributed by atoms with Crippen LogP contribution in [0.15, 0.2) is 21.6 Å². The normalized spacial score (nSPS) is 18.0. The third kappa shape index (κ3) is 4.41. The molecule has 0 spiro atoms. The zero-order valence-electron chi connectivity index (χ0n) is 14.4. The molecule has 11 heteroatoms. The molecule has 0 aliphatic carbocycles. The number of nitrogens with one attached hydrogen (secondary N) is 2. The van der Waals surface area contributed by atoms with E-state index in [4.69, 9.17) is 9.52 Å². The van der Waals surface area contributed by atoms with Crippen molar-refractivity contribution in [2.24, 2.45) is 0 Å². The Morgan fingerprint density at radius 3 is 2.62 bits per heavy atom. The van der Waals surface area contributed by atoms with Gasteiger partial charge in [-0.1, -0.05) is 0 Å². The first-order chi connectivity index (χ1) is 12.1. The fourth-order valence-electron chi connectivity index (χ4n) is 2.64. The van der Waals surface area contributed by atoms with Gasteiger partial charge in [0.2, 0.25) is 22.7 Å². The van der Waals surface area contributed by atoms with Crippen molar-refractivity contribution in [2.45, 2.75) is 43.9 Å². The molecule has 0 bridgehead atoms. The van der Waals surface area contributed by atoms with Crippen molar-refractivity contribution in [2.75, 3.05) is 13.1 Å². The summed E-state index contributed by atoms with van der Waals surface area (Å²) in [5, 5.41) is 13.4. The summed E-state index contributed by atoms with van der Waals surface area (Å²) < 4.78 is 31.1. The number of hydrogen-bond donors (Lipinski definition) is 3. The van der Waals surface area contributed by atoms with Crippen LogP contribution in [-0.2, 0) is 19.6 Å². The average molecular weight is 387 g/mol. The average Bonchev–Trinajstić information content (AvgIpc) is 3.21. The summed E-state index contributed by atoms with van der Waals surface area (Å²) in [4.78, 5) is 34.8. The van der Waals surface area contributed by atoms with Crippen LogP contribution in [0.2, 0.25) is 0 Å². The molecular formula is C15H21N3O7S. The van der Waals surface area contributed by atoms with Gasteiger partial charge in [0.15, 0.2) is 0 Å². The second-order valence-electron chi connectivity index (χ2n) is 6.14. The number of carbonyl (C=O) groups is 3. The molecule has 2 rings (SSSR count). The van der Waals surface area contributed by atoms with Gasteiger partial charge in [0, 0.05) is 12.6 Å². The number of hydrogen-bond acceptors (Lipinski definition) is 6. The summed E-state index contributed by atoms with van der Waals surface area (Å²) >= 11 is 0. The fraction of sp³-hybridized carbons (Fsp3) is 0.533. The molecule has 10 nitrogen and oxygen atoms in total. The summed E-state index contributed by atoms with van der Waals surface area (Å²) in [5.74, 6) is -2.86. The van der Waals surface area contributed by atoms with Crippen molar-refractivity contribution in [3.63, 3.8) is 0 Å². The van der Waals surface area contributed by atoms with E-state index in [0.717, 1.165) is 16.4 Å². The van der Waals surface area contributed by atoms with Gasteiger partial charge in [0.05, 0.1) is 6.54 Å². The number of rotatable bonds is 7. The topological polar surface area (TPSA) is 146 Å². The standard InChI is InChI=1S/C15H21N3O7S/c1-9(2)17-12(19)8-16-14(20)10-4-3-7-18(10)26(23,24)13-6-5-11(25-13)15(21)22/h5-6,9-10H,3-4,7-8H2,1-2H3,(H,16,20)(H,17,19)(H,21,22). The lowest BCUT2D eigenvalue weighted by Crippen LogP contribution is -2.48. The first-order valence-corrected chi connectivity index (χ1v) is 9.49. The van der Waals surface area contributed by atoms with Crippen molar-refractivity contribution in [3.8, 4) is 0 Å². The zero-order valence-corrected chi connectivity index (χ0v) is 15.2. The highest BCUT2D eigenvalue weighted by Gasteiger charge is 2.41. The van der Waals surface area contributed by atoms with Gasteiger partial charge in [0.1, 0.15) is 6.04 Å². The first kappa shape index (κ1) is 19.9. The molecule has 1 atom stereocenters. The maximum atomic E-state index is 12.6. The quantitative estimate of drug-likeness (QED) is 0.586. The highest BCUT2D eigenvalue weighted by atomic mass is 32.2. The second-order valence-corrected chi connectivity index (χ2v) is 7.96. The minimum absolute atomic E-state index is 0.0786. The lowest BCUT2D eigenvalue weighted by atomic mass is 10.2. The van der Waals surface area contributed by atoms with Gasteiger partial charge in [-0.3, -0.25) is 9.59 Å². The van der Waals surface area contributed by atoms with E-state index in [9.17, 15) is 22.8 Å². The van der Waals surface area contributed by atoms with Crippen LogP contribution in [0.4, 0.5) is 0 Å². The number of furan rings is 1. The van der Waals surface area contributed by atoms with Crippen LogP contribution in [0, 0.1) is 0 Å². The molecule has 1 unspecified atom stereocenters. The predicted molar refractivity (Wildman–Crippen MR) is 88.9 cm³/mol. The van der Waals surface area contributed by atoms with Crippen molar-refractivity contribution < 1.29 is 32.3 Å². The van der Waals surface area contributed by atoms with Crippen molar-refractivity contribution in [3.05, 3.63) is 17.9 Å². The molecular weight excluding hydrogens is 366 g/mol. The molecule has 3 N–H and O–H groups in total. The lowest BCUT2D eigenvalue weighted by molar-refractivity contribution is -0.128. The summed E-state index contributed by atoms with van der Waals surface area (Å²) in [6.07, 6.45) is 0.755. The van der Waals surface area contributed by atoms with E-state index < -0.39 is 38.8 Å². The van der Waals surface area contributed by atoms with Crippen molar-refractivity contribution >= 4 is 27.8 Å². The van der Waals surface area contributed by atoms with E-state index >= 15 is 0 Å². The first-order valence-electron chi connectivity index (χ1n) is 8.05. The van der Waals surface area contributed by atoms with Crippen LogP contribution >= 0.6 is 0 Å². The molecule has 26 heavy (non-hydrogen) atoms. The van der Waals surface area contributed by atoms with Gasteiger partial charge >= 0.3 is 5.97 Å². The number of carboxylic acid groups (broad SMARTS) is 1. The second kappa shape index (κ2) is 7.87. The van der Waals surface area contributed by atoms with Gasteiger partial charge in [-0.25, -0.2) is 13.2 Å². The van der Waals surface area contributed by atoms with E-state index in [0.29, 0.717) is 12.8 Å². The van der Waals surface area contributed by atoms with Gasteiger partial charge in [0.25, 0.3) is 10.0 Å². The molecule has 144 valence electrons. The Labute approximate surface area is 150 Å². The molecule has 0 radical (unpaired) electrons. The van der Waals surface area contributed by atoms with Crippen LogP contribution in [0.5, 0.6) is 0 Å². The Balaban J connectivity index is 2.09. The molecule has 1 aromatic rings. The minimum atomic E-state index is -4.16. The molecule has 1 saturated heterocycles. The molecule has 1 aromatic heterocycles. The van der Waals surface area contributed by atoms with Gasteiger partial charge < -0.3 is 20.2 Å². The number of carbonyl (C=O) groups excluding carboxylic acids is 2. The van der Waals surface area contributed by atoms with Gasteiger partial charge in [-0.2, -0.15) is 4.31 Å². The molecule has 1 aliphatic rings. The number of nitrogens with zero attached hydrogens (tertiary/aromatic N) is 1. The van der Waals surface area contributed by atoms with E-state index in [1.807, 2.05) is 0 Å². The van der Waals surface area contributed by atoms with Gasteiger partial charge in [-0.05, 0) is 38.8 Å². The Kier molecular flexibility index (Phi) is 6.03. The maximum absolute atomic E-state index is 12.6.